The molecule has 0 radical (unpaired) electrons. The van der Waals surface area contributed by atoms with Gasteiger partial charge in [0.05, 0.1) is 12.3 Å². The molecule has 186 valence electrons. The molecule has 36 heavy (non-hydrogen) atoms. The number of hydrogen-bond donors (Lipinski definition) is 2. The average molecular weight is 507 g/mol. The van der Waals surface area contributed by atoms with Gasteiger partial charge in [-0.25, -0.2) is 4.98 Å². The summed E-state index contributed by atoms with van der Waals surface area (Å²) >= 11 is 1.29. The van der Waals surface area contributed by atoms with Crippen LogP contribution in [0.25, 0.3) is 6.08 Å². The first-order valence-electron chi connectivity index (χ1n) is 11.1. The summed E-state index contributed by atoms with van der Waals surface area (Å²) in [6.45, 7) is 6.10. The van der Waals surface area contributed by atoms with Crippen LogP contribution in [0.5, 0.6) is 17.2 Å². The van der Waals surface area contributed by atoms with Crippen LogP contribution in [0.15, 0.2) is 53.4 Å². The first kappa shape index (κ1) is 26.2. The SMILES string of the molecule is CCOc1cc(C=C(C#N)C(=O)Nc2nc(C)cs2)ccc1OCCOc1ccc(NC(C)=O)cc1. The van der Waals surface area contributed by atoms with Crippen LogP contribution in [0, 0.1) is 18.3 Å². The Morgan fingerprint density at radius 2 is 1.81 bits per heavy atom. The second-order valence-corrected chi connectivity index (χ2v) is 8.32. The third kappa shape index (κ3) is 7.85. The molecule has 3 aromatic rings. The lowest BCUT2D eigenvalue weighted by molar-refractivity contribution is -0.114. The molecule has 0 spiro atoms. The van der Waals surface area contributed by atoms with Crippen molar-refractivity contribution in [3.05, 3.63) is 64.7 Å². The van der Waals surface area contributed by atoms with Gasteiger partial charge in [0.2, 0.25) is 5.91 Å². The molecular weight excluding hydrogens is 480 g/mol. The van der Waals surface area contributed by atoms with Crippen LogP contribution in [0.1, 0.15) is 25.1 Å². The lowest BCUT2D eigenvalue weighted by atomic mass is 10.1. The summed E-state index contributed by atoms with van der Waals surface area (Å²) in [5, 5.41) is 17.1. The monoisotopic (exact) mass is 506 g/mol. The normalized spacial score (nSPS) is 10.8. The molecular formula is C26H26N4O5S. The number of anilines is 2. The quantitative estimate of drug-likeness (QED) is 0.217. The number of ether oxygens (including phenoxy) is 3. The molecule has 0 bridgehead atoms. The Hall–Kier alpha value is -4.36. The lowest BCUT2D eigenvalue weighted by Crippen LogP contribution is -2.13. The summed E-state index contributed by atoms with van der Waals surface area (Å²) in [4.78, 5) is 27.7. The molecule has 0 fully saturated rings. The topological polar surface area (TPSA) is 123 Å². The van der Waals surface area contributed by atoms with Crippen molar-refractivity contribution in [3.8, 4) is 23.3 Å². The van der Waals surface area contributed by atoms with Gasteiger partial charge in [0.25, 0.3) is 5.91 Å². The van der Waals surface area contributed by atoms with Gasteiger partial charge >= 0.3 is 0 Å². The maximum atomic E-state index is 12.5. The van der Waals surface area contributed by atoms with Crippen LogP contribution >= 0.6 is 11.3 Å². The van der Waals surface area contributed by atoms with Gasteiger partial charge in [-0.2, -0.15) is 5.26 Å². The molecule has 3 rings (SSSR count). The Morgan fingerprint density at radius 3 is 2.44 bits per heavy atom. The van der Waals surface area contributed by atoms with E-state index in [0.717, 1.165) is 5.69 Å². The number of nitriles is 1. The fourth-order valence-corrected chi connectivity index (χ4v) is 3.73. The molecule has 0 aliphatic rings. The molecule has 1 aromatic heterocycles. The standard InChI is InChI=1S/C26H26N4O5S/c1-4-33-24-14-19(13-20(15-27)25(32)30-26-28-17(2)16-36-26)5-10-23(24)35-12-11-34-22-8-6-21(7-9-22)29-18(3)31/h5-10,13-14,16H,4,11-12H2,1-3H3,(H,29,31)(H,28,30,32). The van der Waals surface area contributed by atoms with E-state index in [1.807, 2.05) is 25.3 Å². The number of thiazole rings is 1. The number of amides is 2. The minimum Gasteiger partial charge on any atom is -0.490 e. The van der Waals surface area contributed by atoms with E-state index >= 15 is 0 Å². The molecule has 2 amide bonds. The van der Waals surface area contributed by atoms with Gasteiger partial charge in [0.15, 0.2) is 16.6 Å². The summed E-state index contributed by atoms with van der Waals surface area (Å²) in [6.07, 6.45) is 1.48. The van der Waals surface area contributed by atoms with Crippen LogP contribution in [0.3, 0.4) is 0 Å². The molecule has 0 saturated carbocycles. The summed E-state index contributed by atoms with van der Waals surface area (Å²) < 4.78 is 17.2. The predicted molar refractivity (Wildman–Crippen MR) is 138 cm³/mol. The third-order valence-corrected chi connectivity index (χ3v) is 5.44. The zero-order valence-corrected chi connectivity index (χ0v) is 21.0. The van der Waals surface area contributed by atoms with E-state index in [0.29, 0.717) is 46.8 Å². The van der Waals surface area contributed by atoms with E-state index in [1.54, 1.807) is 42.5 Å². The van der Waals surface area contributed by atoms with Crippen molar-refractivity contribution < 1.29 is 23.8 Å². The van der Waals surface area contributed by atoms with Gasteiger partial charge in [0, 0.05) is 18.0 Å². The van der Waals surface area contributed by atoms with Crippen molar-refractivity contribution >= 4 is 40.0 Å². The van der Waals surface area contributed by atoms with Gasteiger partial charge in [-0.15, -0.1) is 11.3 Å². The third-order valence-electron chi connectivity index (χ3n) is 4.57. The van der Waals surface area contributed by atoms with E-state index < -0.39 is 5.91 Å². The molecule has 2 aromatic carbocycles. The molecule has 10 heteroatoms. The van der Waals surface area contributed by atoms with Gasteiger partial charge in [-0.05, 0) is 61.9 Å². The van der Waals surface area contributed by atoms with E-state index in [1.165, 1.54) is 24.3 Å². The highest BCUT2D eigenvalue weighted by Gasteiger charge is 2.13. The van der Waals surface area contributed by atoms with Crippen molar-refractivity contribution in [2.75, 3.05) is 30.5 Å². The maximum absolute atomic E-state index is 12.5. The minimum atomic E-state index is -0.535. The Labute approximate surface area is 213 Å². The number of benzene rings is 2. The van der Waals surface area contributed by atoms with Crippen LogP contribution < -0.4 is 24.8 Å². The van der Waals surface area contributed by atoms with Crippen molar-refractivity contribution in [1.29, 1.82) is 5.26 Å². The Bertz CT molecular complexity index is 1280. The van der Waals surface area contributed by atoms with Gasteiger partial charge in [-0.1, -0.05) is 6.07 Å². The van der Waals surface area contributed by atoms with Crippen molar-refractivity contribution in [3.63, 3.8) is 0 Å². The molecule has 0 saturated heterocycles. The smallest absolute Gasteiger partial charge is 0.268 e. The maximum Gasteiger partial charge on any atom is 0.268 e. The summed E-state index contributed by atoms with van der Waals surface area (Å²) in [5.74, 6) is 0.973. The van der Waals surface area contributed by atoms with E-state index in [-0.39, 0.29) is 18.1 Å². The largest absolute Gasteiger partial charge is 0.490 e. The molecule has 1 heterocycles. The zero-order chi connectivity index (χ0) is 25.9. The second-order valence-electron chi connectivity index (χ2n) is 7.46. The van der Waals surface area contributed by atoms with Crippen LogP contribution in [-0.4, -0.2) is 36.6 Å². The fourth-order valence-electron chi connectivity index (χ4n) is 3.04. The molecule has 2 N–H and O–H groups in total. The Kier molecular flexibility index (Phi) is 9.42. The lowest BCUT2D eigenvalue weighted by Gasteiger charge is -2.13. The van der Waals surface area contributed by atoms with Crippen LogP contribution in [0.2, 0.25) is 0 Å². The highest BCUT2D eigenvalue weighted by atomic mass is 32.1. The van der Waals surface area contributed by atoms with E-state index in [4.69, 9.17) is 14.2 Å². The highest BCUT2D eigenvalue weighted by molar-refractivity contribution is 7.13. The molecule has 0 aliphatic carbocycles. The number of aryl methyl sites for hydroxylation is 1. The predicted octanol–water partition coefficient (Wildman–Crippen LogP) is 4.81. The van der Waals surface area contributed by atoms with Crippen molar-refractivity contribution in [1.82, 2.24) is 4.98 Å². The Morgan fingerprint density at radius 1 is 1.06 bits per heavy atom. The molecule has 9 nitrogen and oxygen atoms in total. The highest BCUT2D eigenvalue weighted by Crippen LogP contribution is 2.29. The minimum absolute atomic E-state index is 0.0584. The van der Waals surface area contributed by atoms with Gasteiger partial charge in [-0.3, -0.25) is 14.9 Å². The zero-order valence-electron chi connectivity index (χ0n) is 20.2. The number of aromatic nitrogens is 1. The average Bonchev–Trinajstić information content (AvgIpc) is 3.26. The van der Waals surface area contributed by atoms with Crippen molar-refractivity contribution in [2.24, 2.45) is 0 Å². The summed E-state index contributed by atoms with van der Waals surface area (Å²) in [6, 6.07) is 14.1. The second kappa shape index (κ2) is 12.9. The number of carbonyl (C=O) groups is 2. The number of nitrogens with one attached hydrogen (secondary N) is 2. The van der Waals surface area contributed by atoms with Crippen molar-refractivity contribution in [2.45, 2.75) is 20.8 Å². The number of carbonyl (C=O) groups excluding carboxylic acids is 2. The first-order chi connectivity index (χ1) is 17.4. The van der Waals surface area contributed by atoms with E-state index in [2.05, 4.69) is 15.6 Å². The van der Waals surface area contributed by atoms with Gasteiger partial charge in [0.1, 0.15) is 30.6 Å². The van der Waals surface area contributed by atoms with Crippen LogP contribution in [-0.2, 0) is 9.59 Å². The van der Waals surface area contributed by atoms with Crippen LogP contribution in [0.4, 0.5) is 10.8 Å². The fraction of sp³-hybridized carbons (Fsp3) is 0.231. The Balaban J connectivity index is 1.60. The summed E-state index contributed by atoms with van der Waals surface area (Å²) in [5.41, 5.74) is 2.04. The van der Waals surface area contributed by atoms with E-state index in [9.17, 15) is 14.9 Å². The number of nitrogens with zero attached hydrogens (tertiary/aromatic N) is 2. The van der Waals surface area contributed by atoms with Gasteiger partial charge < -0.3 is 19.5 Å². The number of hydrogen-bond acceptors (Lipinski definition) is 8. The first-order valence-corrected chi connectivity index (χ1v) is 12.0. The molecule has 0 unspecified atom stereocenters. The number of rotatable bonds is 11. The summed E-state index contributed by atoms with van der Waals surface area (Å²) in [7, 11) is 0. The molecule has 0 atom stereocenters. The molecule has 0 aliphatic heterocycles.